The van der Waals surface area contributed by atoms with Crippen LogP contribution in [0.5, 0.6) is 0 Å². The second kappa shape index (κ2) is 9.79. The van der Waals surface area contributed by atoms with Crippen molar-refractivity contribution in [2.24, 2.45) is 11.1 Å². The number of rotatable bonds is 9. The molecule has 1 fully saturated rings. The van der Waals surface area contributed by atoms with E-state index in [-0.39, 0.29) is 29.8 Å². The number of nitrogens with one attached hydrogen (secondary N) is 1. The minimum atomic E-state index is -4.09. The zero-order chi connectivity index (χ0) is 23.4. The van der Waals surface area contributed by atoms with Gasteiger partial charge in [0.05, 0.1) is 18.3 Å². The van der Waals surface area contributed by atoms with Gasteiger partial charge >= 0.3 is 10.3 Å². The normalized spacial score (nSPS) is 20.6. The number of ketones is 1. The number of nitrogens with zero attached hydrogens (tertiary/aromatic N) is 2. The van der Waals surface area contributed by atoms with Crippen LogP contribution >= 0.6 is 0 Å². The second-order valence-electron chi connectivity index (χ2n) is 7.96. The summed E-state index contributed by atoms with van der Waals surface area (Å²) in [5.41, 5.74) is 1.30. The Kier molecular flexibility index (Phi) is 6.84. The Balaban J connectivity index is 1.44. The van der Waals surface area contributed by atoms with E-state index >= 15 is 0 Å². The molecule has 4 N–H and O–H groups in total. The fourth-order valence-electron chi connectivity index (χ4n) is 3.91. The van der Waals surface area contributed by atoms with Crippen LogP contribution in [0.1, 0.15) is 40.3 Å². The summed E-state index contributed by atoms with van der Waals surface area (Å²) >= 11 is 0. The van der Waals surface area contributed by atoms with Gasteiger partial charge in [-0.15, -0.1) is 0 Å². The monoisotopic (exact) mass is 472 g/mol. The molecule has 1 aromatic carbocycles. The van der Waals surface area contributed by atoms with Crippen molar-refractivity contribution in [2.75, 3.05) is 11.9 Å². The van der Waals surface area contributed by atoms with Crippen molar-refractivity contribution in [1.29, 1.82) is 0 Å². The van der Waals surface area contributed by atoms with Crippen molar-refractivity contribution >= 4 is 21.9 Å². The number of nitrogens with two attached hydrogens (primary N) is 1. The molecule has 174 valence electrons. The van der Waals surface area contributed by atoms with Gasteiger partial charge in [-0.3, -0.25) is 8.98 Å². The first-order chi connectivity index (χ1) is 15.8. The van der Waals surface area contributed by atoms with Crippen LogP contribution in [0, 0.1) is 5.92 Å². The average molecular weight is 473 g/mol. The van der Waals surface area contributed by atoms with Crippen LogP contribution in [0.2, 0.25) is 0 Å². The topological polar surface area (TPSA) is 158 Å². The molecule has 0 aliphatic heterocycles. The van der Waals surface area contributed by atoms with Crippen LogP contribution in [-0.2, 0) is 20.9 Å². The largest absolute Gasteiger partial charge is 0.457 e. The molecule has 1 aliphatic carbocycles. The highest BCUT2D eigenvalue weighted by molar-refractivity contribution is 7.84. The highest BCUT2D eigenvalue weighted by Crippen LogP contribution is 2.30. The van der Waals surface area contributed by atoms with Crippen molar-refractivity contribution in [3.8, 4) is 0 Å². The average Bonchev–Trinajstić information content (AvgIpc) is 3.38. The van der Waals surface area contributed by atoms with E-state index in [9.17, 15) is 18.3 Å². The highest BCUT2D eigenvalue weighted by Gasteiger charge is 2.35. The van der Waals surface area contributed by atoms with Crippen molar-refractivity contribution < 1.29 is 26.9 Å². The lowest BCUT2D eigenvalue weighted by molar-refractivity contribution is 0.100. The second-order valence-corrected chi connectivity index (χ2v) is 9.18. The van der Waals surface area contributed by atoms with Crippen molar-refractivity contribution in [1.82, 2.24) is 9.97 Å². The molecule has 0 amide bonds. The number of furan rings is 1. The number of hydrogen-bond donors (Lipinski definition) is 3. The quantitative estimate of drug-likeness (QED) is 0.394. The van der Waals surface area contributed by atoms with E-state index in [0.29, 0.717) is 30.8 Å². The molecule has 0 spiro atoms. The number of aliphatic hydroxyl groups excluding tert-OH is 1. The SMILES string of the molecule is NS(=O)(=O)OC[C@H]1C[C@@H](Nc2ncncc2C(=O)c2ccc(Cc3ccccc3)o2)C[C@@H]1O. The first-order valence-corrected chi connectivity index (χ1v) is 11.8. The van der Waals surface area contributed by atoms with Crippen LogP contribution in [0.4, 0.5) is 5.82 Å². The maximum Gasteiger partial charge on any atom is 0.333 e. The van der Waals surface area contributed by atoms with Gasteiger partial charge in [0.25, 0.3) is 0 Å². The Morgan fingerprint density at radius 1 is 1.21 bits per heavy atom. The van der Waals surface area contributed by atoms with E-state index < -0.39 is 22.3 Å². The van der Waals surface area contributed by atoms with E-state index in [1.165, 1.54) is 12.5 Å². The van der Waals surface area contributed by atoms with Crippen LogP contribution in [-0.4, -0.2) is 48.0 Å². The van der Waals surface area contributed by atoms with Gasteiger partial charge < -0.3 is 14.8 Å². The fourth-order valence-corrected chi connectivity index (χ4v) is 4.28. The Morgan fingerprint density at radius 2 is 2.00 bits per heavy atom. The van der Waals surface area contributed by atoms with Crippen LogP contribution in [0.25, 0.3) is 0 Å². The molecule has 2 aromatic heterocycles. The molecular weight excluding hydrogens is 448 g/mol. The van der Waals surface area contributed by atoms with Gasteiger partial charge in [-0.25, -0.2) is 15.1 Å². The van der Waals surface area contributed by atoms with Gasteiger partial charge in [0.2, 0.25) is 5.78 Å². The van der Waals surface area contributed by atoms with Gasteiger partial charge in [0.15, 0.2) is 5.76 Å². The van der Waals surface area contributed by atoms with E-state index in [2.05, 4.69) is 19.5 Å². The maximum absolute atomic E-state index is 13.1. The summed E-state index contributed by atoms with van der Waals surface area (Å²) in [6.45, 7) is -0.218. The first-order valence-electron chi connectivity index (χ1n) is 10.4. The van der Waals surface area contributed by atoms with Crippen LogP contribution < -0.4 is 10.5 Å². The third-order valence-electron chi connectivity index (χ3n) is 5.51. The molecule has 2 heterocycles. The van der Waals surface area contributed by atoms with Gasteiger partial charge in [-0.2, -0.15) is 8.42 Å². The van der Waals surface area contributed by atoms with Crippen LogP contribution in [0.3, 0.4) is 0 Å². The molecule has 11 heteroatoms. The predicted octanol–water partition coefficient (Wildman–Crippen LogP) is 1.66. The molecule has 0 radical (unpaired) electrons. The molecular formula is C22H24N4O6S. The fraction of sp³-hybridized carbons (Fsp3) is 0.318. The molecule has 0 bridgehead atoms. The Bertz CT molecular complexity index is 1210. The zero-order valence-electron chi connectivity index (χ0n) is 17.6. The summed E-state index contributed by atoms with van der Waals surface area (Å²) in [4.78, 5) is 21.2. The smallest absolute Gasteiger partial charge is 0.333 e. The standard InChI is InChI=1S/C22H24N4O6S/c23-33(29,30)31-12-15-9-16(10-19(15)27)26-22-18(11-24-13-25-22)21(28)20-7-6-17(32-20)8-14-4-2-1-3-5-14/h1-7,11,13,15-16,19,27H,8-10,12H2,(H2,23,29,30)(H,24,25,26)/t15-,16-,19+/m1/s1. The lowest BCUT2D eigenvalue weighted by atomic mass is 10.1. The maximum atomic E-state index is 13.1. The summed E-state index contributed by atoms with van der Waals surface area (Å²) in [6, 6.07) is 12.9. The minimum absolute atomic E-state index is 0.171. The van der Waals surface area contributed by atoms with Gasteiger partial charge in [-0.05, 0) is 30.5 Å². The summed E-state index contributed by atoms with van der Waals surface area (Å²) in [6.07, 6.45) is 3.25. The third-order valence-corrected chi connectivity index (χ3v) is 5.97. The number of anilines is 1. The van der Waals surface area contributed by atoms with Gasteiger partial charge in [0, 0.05) is 24.6 Å². The number of aliphatic hydroxyl groups is 1. The number of hydrogen-bond acceptors (Lipinski definition) is 9. The molecule has 4 rings (SSSR count). The molecule has 1 aliphatic rings. The predicted molar refractivity (Wildman–Crippen MR) is 119 cm³/mol. The molecule has 3 atom stereocenters. The molecule has 1 saturated carbocycles. The van der Waals surface area contributed by atoms with Gasteiger partial charge in [-0.1, -0.05) is 30.3 Å². The van der Waals surface area contributed by atoms with E-state index in [1.54, 1.807) is 12.1 Å². The zero-order valence-corrected chi connectivity index (χ0v) is 18.4. The number of carbonyl (C=O) groups is 1. The number of benzene rings is 1. The van der Waals surface area contributed by atoms with Crippen molar-refractivity contribution in [3.63, 3.8) is 0 Å². The van der Waals surface area contributed by atoms with Crippen molar-refractivity contribution in [3.05, 3.63) is 77.6 Å². The summed E-state index contributed by atoms with van der Waals surface area (Å²) in [5.74, 6) is 0.343. The third kappa shape index (κ3) is 6.02. The number of aromatic nitrogens is 2. The van der Waals surface area contributed by atoms with E-state index in [4.69, 9.17) is 9.56 Å². The lowest BCUT2D eigenvalue weighted by Crippen LogP contribution is -2.24. The molecule has 0 saturated heterocycles. The molecule has 10 nitrogen and oxygen atoms in total. The van der Waals surface area contributed by atoms with E-state index in [1.807, 2.05) is 30.3 Å². The highest BCUT2D eigenvalue weighted by atomic mass is 32.2. The number of carbonyl (C=O) groups excluding carboxylic acids is 1. The Morgan fingerprint density at radius 3 is 2.76 bits per heavy atom. The Labute approximate surface area is 191 Å². The van der Waals surface area contributed by atoms with Crippen molar-refractivity contribution in [2.45, 2.75) is 31.4 Å². The van der Waals surface area contributed by atoms with E-state index in [0.717, 1.165) is 5.56 Å². The summed E-state index contributed by atoms with van der Waals surface area (Å²) in [7, 11) is -4.09. The van der Waals surface area contributed by atoms with Gasteiger partial charge in [0.1, 0.15) is 17.9 Å². The Hall–Kier alpha value is -3.12. The molecule has 3 aromatic rings. The van der Waals surface area contributed by atoms with Crippen LogP contribution in [0.15, 0.2) is 59.4 Å². The molecule has 0 unspecified atom stereocenters. The summed E-state index contributed by atoms with van der Waals surface area (Å²) < 4.78 is 32.4. The summed E-state index contributed by atoms with van der Waals surface area (Å²) in [5, 5.41) is 18.3. The minimum Gasteiger partial charge on any atom is -0.457 e. The lowest BCUT2D eigenvalue weighted by Gasteiger charge is -2.15. The molecule has 33 heavy (non-hydrogen) atoms. The first kappa shape index (κ1) is 23.1.